The predicted octanol–water partition coefficient (Wildman–Crippen LogP) is 4.07. The molecule has 3 aromatic carbocycles. The van der Waals surface area contributed by atoms with Gasteiger partial charge in [0.05, 0.1) is 23.1 Å². The average Bonchev–Trinajstić information content (AvgIpc) is 2.78. The number of pyridine rings is 1. The third-order valence-corrected chi connectivity index (χ3v) is 5.61. The van der Waals surface area contributed by atoms with Crippen LogP contribution in [-0.4, -0.2) is 26.4 Å². The number of carbonyl (C=O) groups is 1. The Hall–Kier alpha value is -3.66. The van der Waals surface area contributed by atoms with Crippen LogP contribution in [0, 0.1) is 0 Å². The van der Waals surface area contributed by atoms with E-state index in [1.807, 2.05) is 12.1 Å². The fourth-order valence-electron chi connectivity index (χ4n) is 2.87. The van der Waals surface area contributed by atoms with Crippen LogP contribution in [-0.2, 0) is 10.0 Å². The molecule has 5 N–H and O–H groups in total. The number of aromatic nitrogens is 1. The first-order valence-electron chi connectivity index (χ1n) is 9.56. The maximum Gasteiger partial charge on any atom is 0.252 e. The Morgan fingerprint density at radius 1 is 1.00 bits per heavy atom. The molecule has 0 spiro atoms. The quantitative estimate of drug-likeness (QED) is 0.390. The topological polar surface area (TPSA) is 137 Å². The van der Waals surface area contributed by atoms with Crippen molar-refractivity contribution in [3.8, 4) is 5.75 Å². The summed E-state index contributed by atoms with van der Waals surface area (Å²) >= 11 is 5.98. The second-order valence-corrected chi connectivity index (χ2v) is 8.80. The van der Waals surface area contributed by atoms with E-state index < -0.39 is 15.9 Å². The maximum atomic E-state index is 11.7. The largest absolute Gasteiger partial charge is 0.497 e. The summed E-state index contributed by atoms with van der Waals surface area (Å²) in [6.45, 7) is 0. The lowest BCUT2D eigenvalue weighted by Crippen LogP contribution is -2.14. The molecule has 0 aliphatic rings. The van der Waals surface area contributed by atoms with Gasteiger partial charge < -0.3 is 15.8 Å². The van der Waals surface area contributed by atoms with Gasteiger partial charge >= 0.3 is 0 Å². The first-order valence-corrected chi connectivity index (χ1v) is 11.5. The zero-order valence-electron chi connectivity index (χ0n) is 17.5. The van der Waals surface area contributed by atoms with Gasteiger partial charge in [-0.15, -0.1) is 0 Å². The van der Waals surface area contributed by atoms with Gasteiger partial charge in [0.1, 0.15) is 11.6 Å². The van der Waals surface area contributed by atoms with Gasteiger partial charge in [-0.05, 0) is 48.5 Å². The average molecular weight is 485 g/mol. The number of amides is 1. The molecule has 0 atom stereocenters. The molecule has 8 nitrogen and oxygen atoms in total. The van der Waals surface area contributed by atoms with E-state index in [-0.39, 0.29) is 4.90 Å². The number of benzene rings is 3. The molecule has 170 valence electrons. The molecule has 0 aliphatic carbocycles. The highest BCUT2D eigenvalue weighted by Gasteiger charge is 2.13. The molecular formula is C23H21ClN4O4S. The van der Waals surface area contributed by atoms with E-state index in [2.05, 4.69) is 10.3 Å². The van der Waals surface area contributed by atoms with Crippen molar-refractivity contribution in [2.75, 3.05) is 12.4 Å². The number of anilines is 2. The number of nitrogens with one attached hydrogen (secondary N) is 1. The summed E-state index contributed by atoms with van der Waals surface area (Å²) in [4.78, 5) is 16.4. The lowest BCUT2D eigenvalue weighted by atomic mass is 10.1. The van der Waals surface area contributed by atoms with Crippen molar-refractivity contribution in [2.24, 2.45) is 10.9 Å². The van der Waals surface area contributed by atoms with Crippen LogP contribution >= 0.6 is 11.6 Å². The summed E-state index contributed by atoms with van der Waals surface area (Å²) in [5, 5.41) is 9.30. The van der Waals surface area contributed by atoms with Gasteiger partial charge in [-0.2, -0.15) is 0 Å². The van der Waals surface area contributed by atoms with Gasteiger partial charge in [-0.25, -0.2) is 18.5 Å². The van der Waals surface area contributed by atoms with Gasteiger partial charge in [0.25, 0.3) is 5.91 Å². The minimum atomic E-state index is -3.50. The van der Waals surface area contributed by atoms with E-state index in [4.69, 9.17) is 27.2 Å². The Balaban J connectivity index is 0.000000257. The number of ether oxygens (including phenoxy) is 1. The van der Waals surface area contributed by atoms with Crippen LogP contribution in [0.1, 0.15) is 10.4 Å². The van der Waals surface area contributed by atoms with E-state index in [0.29, 0.717) is 27.7 Å². The SMILES string of the molecule is COc1ccc2cc(C(N)=O)c(Nc3cccc(Cl)c3)nc2c1.NS(=O)(=O)c1ccccc1. The lowest BCUT2D eigenvalue weighted by Gasteiger charge is -2.11. The highest BCUT2D eigenvalue weighted by Crippen LogP contribution is 2.27. The van der Waals surface area contributed by atoms with Gasteiger partial charge in [0, 0.05) is 22.2 Å². The molecule has 4 rings (SSSR count). The molecule has 33 heavy (non-hydrogen) atoms. The molecule has 10 heteroatoms. The first-order chi connectivity index (χ1) is 15.7. The van der Waals surface area contributed by atoms with Crippen LogP contribution < -0.4 is 20.9 Å². The Morgan fingerprint density at radius 2 is 1.73 bits per heavy atom. The molecular weight excluding hydrogens is 464 g/mol. The highest BCUT2D eigenvalue weighted by molar-refractivity contribution is 7.89. The molecule has 0 fully saturated rings. The van der Waals surface area contributed by atoms with Crippen molar-refractivity contribution in [1.29, 1.82) is 0 Å². The third-order valence-electron chi connectivity index (χ3n) is 4.45. The molecule has 1 heterocycles. The van der Waals surface area contributed by atoms with E-state index in [1.165, 1.54) is 12.1 Å². The number of sulfonamides is 1. The van der Waals surface area contributed by atoms with Crippen molar-refractivity contribution in [3.05, 3.63) is 89.4 Å². The number of nitrogens with two attached hydrogens (primary N) is 2. The monoisotopic (exact) mass is 484 g/mol. The van der Waals surface area contributed by atoms with Crippen LogP contribution in [0.3, 0.4) is 0 Å². The van der Waals surface area contributed by atoms with Crippen molar-refractivity contribution in [1.82, 2.24) is 4.98 Å². The van der Waals surface area contributed by atoms with E-state index in [1.54, 1.807) is 61.7 Å². The molecule has 1 aromatic heterocycles. The number of hydrogen-bond acceptors (Lipinski definition) is 6. The van der Waals surface area contributed by atoms with Crippen LogP contribution in [0.5, 0.6) is 5.75 Å². The molecule has 1 amide bonds. The Morgan fingerprint density at radius 3 is 2.30 bits per heavy atom. The summed E-state index contributed by atoms with van der Waals surface area (Å²) in [5.74, 6) is 0.505. The van der Waals surface area contributed by atoms with Gasteiger partial charge in [-0.1, -0.05) is 35.9 Å². The van der Waals surface area contributed by atoms with Crippen LogP contribution in [0.15, 0.2) is 83.8 Å². The van der Waals surface area contributed by atoms with Crippen LogP contribution in [0.4, 0.5) is 11.5 Å². The van der Waals surface area contributed by atoms with Gasteiger partial charge in [-0.3, -0.25) is 4.79 Å². The second-order valence-electron chi connectivity index (χ2n) is 6.80. The van der Waals surface area contributed by atoms with Crippen LogP contribution in [0.25, 0.3) is 10.9 Å². The smallest absolute Gasteiger partial charge is 0.252 e. The Bertz CT molecular complexity index is 1400. The number of halogens is 1. The van der Waals surface area contributed by atoms with Crippen molar-refractivity contribution in [2.45, 2.75) is 4.90 Å². The van der Waals surface area contributed by atoms with Crippen molar-refractivity contribution >= 4 is 49.9 Å². The predicted molar refractivity (Wildman–Crippen MR) is 129 cm³/mol. The standard InChI is InChI=1S/C17H14ClN3O2.C6H7NO2S/c1-23-13-6-5-10-7-14(16(19)22)17(21-15(10)9-13)20-12-4-2-3-11(18)8-12;7-10(8,9)6-4-2-1-3-5-6/h2-9H,1H3,(H2,19,22)(H,20,21);1-5H,(H2,7,8,9). The minimum absolute atomic E-state index is 0.148. The van der Waals surface area contributed by atoms with Gasteiger partial charge in [0.15, 0.2) is 0 Å². The van der Waals surface area contributed by atoms with Gasteiger partial charge in [0.2, 0.25) is 10.0 Å². The number of rotatable bonds is 5. The highest BCUT2D eigenvalue weighted by atomic mass is 35.5. The van der Waals surface area contributed by atoms with E-state index >= 15 is 0 Å². The lowest BCUT2D eigenvalue weighted by molar-refractivity contribution is 0.100. The molecule has 0 radical (unpaired) electrons. The number of primary amides is 1. The zero-order valence-corrected chi connectivity index (χ0v) is 19.1. The molecule has 0 unspecified atom stereocenters. The normalized spacial score (nSPS) is 10.8. The molecule has 4 aromatic rings. The summed E-state index contributed by atoms with van der Waals surface area (Å²) in [6.07, 6.45) is 0. The molecule has 0 bridgehead atoms. The number of fused-ring (bicyclic) bond motifs is 1. The number of hydrogen-bond donors (Lipinski definition) is 3. The summed E-state index contributed by atoms with van der Waals surface area (Å²) in [7, 11) is -1.92. The second kappa shape index (κ2) is 10.3. The molecule has 0 aliphatic heterocycles. The minimum Gasteiger partial charge on any atom is -0.497 e. The summed E-state index contributed by atoms with van der Waals surface area (Å²) in [6, 6.07) is 22.2. The Labute approximate surface area is 196 Å². The van der Waals surface area contributed by atoms with E-state index in [9.17, 15) is 13.2 Å². The Kier molecular flexibility index (Phi) is 7.49. The number of carbonyl (C=O) groups excluding carboxylic acids is 1. The number of primary sulfonamides is 1. The van der Waals surface area contributed by atoms with E-state index in [0.717, 1.165) is 11.1 Å². The summed E-state index contributed by atoms with van der Waals surface area (Å²) < 4.78 is 26.4. The first kappa shape index (κ1) is 24.0. The molecule has 0 saturated carbocycles. The number of nitrogens with zero attached hydrogens (tertiary/aromatic N) is 1. The van der Waals surface area contributed by atoms with Crippen molar-refractivity contribution < 1.29 is 17.9 Å². The number of methoxy groups -OCH3 is 1. The fourth-order valence-corrected chi connectivity index (χ4v) is 3.60. The zero-order chi connectivity index (χ0) is 24.0. The third kappa shape index (κ3) is 6.42. The van der Waals surface area contributed by atoms with Crippen molar-refractivity contribution in [3.63, 3.8) is 0 Å². The summed E-state index contributed by atoms with van der Waals surface area (Å²) in [5.41, 5.74) is 7.19. The fraction of sp³-hybridized carbons (Fsp3) is 0.0435. The van der Waals surface area contributed by atoms with Crippen LogP contribution in [0.2, 0.25) is 5.02 Å². The molecule has 0 saturated heterocycles. The maximum absolute atomic E-state index is 11.7.